The van der Waals surface area contributed by atoms with Gasteiger partial charge < -0.3 is 19.9 Å². The van der Waals surface area contributed by atoms with E-state index in [2.05, 4.69) is 5.32 Å². The number of benzene rings is 1. The van der Waals surface area contributed by atoms with Crippen LogP contribution in [0.3, 0.4) is 0 Å². The van der Waals surface area contributed by atoms with Crippen LogP contribution < -0.4 is 14.8 Å². The highest BCUT2D eigenvalue weighted by molar-refractivity contribution is 6.32. The molecular weight excluding hydrogens is 298 g/mol. The quantitative estimate of drug-likeness (QED) is 0.806. The van der Waals surface area contributed by atoms with Crippen LogP contribution in [0.1, 0.15) is 30.6 Å². The first-order valence-corrected chi connectivity index (χ1v) is 6.76. The number of hydrogen-bond donors (Lipinski definition) is 2. The van der Waals surface area contributed by atoms with Crippen LogP contribution >= 0.6 is 11.6 Å². The van der Waals surface area contributed by atoms with Crippen molar-refractivity contribution in [1.29, 1.82) is 0 Å². The van der Waals surface area contributed by atoms with Crippen LogP contribution in [0.15, 0.2) is 12.1 Å². The van der Waals surface area contributed by atoms with Gasteiger partial charge in [-0.3, -0.25) is 4.79 Å². The maximum Gasteiger partial charge on any atom is 0.335 e. The van der Waals surface area contributed by atoms with Gasteiger partial charge in [-0.1, -0.05) is 11.6 Å². The summed E-state index contributed by atoms with van der Waals surface area (Å²) in [5.74, 6) is -0.814. The lowest BCUT2D eigenvalue weighted by atomic mass is 10.2. The van der Waals surface area contributed by atoms with Crippen LogP contribution in [-0.2, 0) is 4.79 Å². The summed E-state index contributed by atoms with van der Waals surface area (Å²) in [4.78, 5) is 22.4. The number of nitrogens with one attached hydrogen (secondary N) is 1. The van der Waals surface area contributed by atoms with Gasteiger partial charge in [0.15, 0.2) is 11.5 Å². The Balaban J connectivity index is 2.75. The van der Waals surface area contributed by atoms with Crippen LogP contribution in [0, 0.1) is 0 Å². The number of amides is 1. The maximum absolute atomic E-state index is 11.5. The highest BCUT2D eigenvalue weighted by atomic mass is 35.5. The molecule has 0 heterocycles. The van der Waals surface area contributed by atoms with Crippen molar-refractivity contribution in [3.63, 3.8) is 0 Å². The molecule has 1 aromatic carbocycles. The number of aromatic carboxylic acids is 1. The Morgan fingerprint density at radius 3 is 2.57 bits per heavy atom. The van der Waals surface area contributed by atoms with Crippen molar-refractivity contribution in [2.24, 2.45) is 0 Å². The second kappa shape index (κ2) is 7.73. The molecule has 0 radical (unpaired) electrons. The summed E-state index contributed by atoms with van der Waals surface area (Å²) in [6, 6.07) is 2.65. The third-order valence-corrected chi connectivity index (χ3v) is 2.78. The molecular formula is C14H18ClNO5. The summed E-state index contributed by atoms with van der Waals surface area (Å²) in [5, 5.41) is 11.8. The number of carbonyl (C=O) groups excluding carboxylic acids is 1. The molecule has 6 nitrogen and oxygen atoms in total. The average molecular weight is 316 g/mol. The van der Waals surface area contributed by atoms with E-state index < -0.39 is 5.97 Å². The number of carbonyl (C=O) groups is 2. The molecule has 0 saturated carbocycles. The van der Waals surface area contributed by atoms with E-state index in [-0.39, 0.29) is 47.1 Å². The number of ether oxygens (including phenoxy) is 2. The first kappa shape index (κ1) is 17.1. The lowest BCUT2D eigenvalue weighted by Crippen LogP contribution is -2.31. The van der Waals surface area contributed by atoms with Gasteiger partial charge in [-0.15, -0.1) is 0 Å². The molecule has 1 amide bonds. The first-order valence-electron chi connectivity index (χ1n) is 6.38. The van der Waals surface area contributed by atoms with E-state index in [4.69, 9.17) is 26.2 Å². The van der Waals surface area contributed by atoms with Crippen LogP contribution in [0.25, 0.3) is 0 Å². The van der Waals surface area contributed by atoms with Crippen molar-refractivity contribution in [3.05, 3.63) is 22.7 Å². The number of hydrogen-bond acceptors (Lipinski definition) is 4. The molecule has 0 atom stereocenters. The van der Waals surface area contributed by atoms with Crippen LogP contribution in [0.4, 0.5) is 0 Å². The molecule has 0 fully saturated rings. The highest BCUT2D eigenvalue weighted by Gasteiger charge is 2.15. The molecule has 0 aromatic heterocycles. The monoisotopic (exact) mass is 315 g/mol. The molecule has 2 N–H and O–H groups in total. The fourth-order valence-electron chi connectivity index (χ4n) is 1.62. The molecule has 21 heavy (non-hydrogen) atoms. The lowest BCUT2D eigenvalue weighted by molar-refractivity contribution is -0.122. The van der Waals surface area contributed by atoms with Gasteiger partial charge >= 0.3 is 5.97 Å². The number of carboxylic acids is 1. The zero-order chi connectivity index (χ0) is 16.0. The predicted octanol–water partition coefficient (Wildman–Crippen LogP) is 2.34. The Morgan fingerprint density at radius 2 is 2.05 bits per heavy atom. The summed E-state index contributed by atoms with van der Waals surface area (Å²) in [6.45, 7) is 3.84. The number of halogens is 1. The fraction of sp³-hybridized carbons (Fsp3) is 0.429. The lowest BCUT2D eigenvalue weighted by Gasteiger charge is -2.13. The molecule has 0 aliphatic rings. The van der Waals surface area contributed by atoms with E-state index in [0.29, 0.717) is 0 Å². The molecule has 1 rings (SSSR count). The molecule has 7 heteroatoms. The van der Waals surface area contributed by atoms with Crippen LogP contribution in [-0.4, -0.2) is 36.7 Å². The molecule has 0 aliphatic carbocycles. The second-order valence-electron chi connectivity index (χ2n) is 4.62. The number of rotatable bonds is 7. The summed E-state index contributed by atoms with van der Waals surface area (Å²) in [5.41, 5.74) is 0.00162. The van der Waals surface area contributed by atoms with Crippen molar-refractivity contribution in [1.82, 2.24) is 5.32 Å². The fourth-order valence-corrected chi connectivity index (χ4v) is 1.89. The largest absolute Gasteiger partial charge is 0.493 e. The third-order valence-electron chi connectivity index (χ3n) is 2.50. The van der Waals surface area contributed by atoms with E-state index in [9.17, 15) is 9.59 Å². The zero-order valence-electron chi connectivity index (χ0n) is 12.1. The summed E-state index contributed by atoms with van der Waals surface area (Å²) in [6.07, 6.45) is 0.165. The molecule has 1 aromatic rings. The molecule has 0 saturated heterocycles. The minimum Gasteiger partial charge on any atom is -0.493 e. The molecule has 0 aliphatic heterocycles. The van der Waals surface area contributed by atoms with Crippen molar-refractivity contribution in [3.8, 4) is 11.5 Å². The Kier molecular flexibility index (Phi) is 6.30. The average Bonchev–Trinajstić information content (AvgIpc) is 2.38. The van der Waals surface area contributed by atoms with Gasteiger partial charge in [0.25, 0.3) is 0 Å². The number of carboxylic acid groups (broad SMARTS) is 1. The van der Waals surface area contributed by atoms with Crippen LogP contribution in [0.2, 0.25) is 5.02 Å². The van der Waals surface area contributed by atoms with Gasteiger partial charge in [0, 0.05) is 6.04 Å². The Bertz CT molecular complexity index is 530. The third kappa shape index (κ3) is 5.15. The van der Waals surface area contributed by atoms with Gasteiger partial charge in [0.2, 0.25) is 5.91 Å². The van der Waals surface area contributed by atoms with Gasteiger partial charge in [-0.2, -0.15) is 0 Å². The first-order chi connectivity index (χ1) is 9.85. The standard InChI is InChI=1S/C14H18ClNO5/c1-8(2)16-12(17)4-5-21-13-10(15)6-9(14(18)19)7-11(13)20-3/h6-8H,4-5H2,1-3H3,(H,16,17)(H,18,19). The Morgan fingerprint density at radius 1 is 1.38 bits per heavy atom. The van der Waals surface area contributed by atoms with Gasteiger partial charge in [-0.05, 0) is 26.0 Å². The summed E-state index contributed by atoms with van der Waals surface area (Å²) >= 11 is 5.99. The predicted molar refractivity (Wildman–Crippen MR) is 78.4 cm³/mol. The van der Waals surface area contributed by atoms with Crippen molar-refractivity contribution < 1.29 is 24.2 Å². The second-order valence-corrected chi connectivity index (χ2v) is 5.02. The van der Waals surface area contributed by atoms with E-state index in [1.807, 2.05) is 13.8 Å². The van der Waals surface area contributed by atoms with Crippen molar-refractivity contribution in [2.45, 2.75) is 26.3 Å². The zero-order valence-corrected chi connectivity index (χ0v) is 12.9. The Labute approximate surface area is 128 Å². The van der Waals surface area contributed by atoms with E-state index in [1.54, 1.807) is 0 Å². The molecule has 116 valence electrons. The van der Waals surface area contributed by atoms with Crippen LogP contribution in [0.5, 0.6) is 11.5 Å². The van der Waals surface area contributed by atoms with Crippen molar-refractivity contribution >= 4 is 23.5 Å². The summed E-state index contributed by atoms with van der Waals surface area (Å²) < 4.78 is 10.5. The van der Waals surface area contributed by atoms with E-state index >= 15 is 0 Å². The Hall–Kier alpha value is -1.95. The minimum absolute atomic E-state index is 0.00162. The highest BCUT2D eigenvalue weighted by Crippen LogP contribution is 2.36. The van der Waals surface area contributed by atoms with Gasteiger partial charge in [0.05, 0.1) is 30.7 Å². The molecule has 0 bridgehead atoms. The van der Waals surface area contributed by atoms with E-state index in [1.165, 1.54) is 19.2 Å². The SMILES string of the molecule is COc1cc(C(=O)O)cc(Cl)c1OCCC(=O)NC(C)C. The topological polar surface area (TPSA) is 84.9 Å². The molecule has 0 unspecified atom stereocenters. The summed E-state index contributed by atoms with van der Waals surface area (Å²) in [7, 11) is 1.38. The van der Waals surface area contributed by atoms with Gasteiger partial charge in [-0.25, -0.2) is 4.79 Å². The normalized spacial score (nSPS) is 10.3. The minimum atomic E-state index is -1.11. The van der Waals surface area contributed by atoms with Crippen molar-refractivity contribution in [2.75, 3.05) is 13.7 Å². The number of methoxy groups -OCH3 is 1. The van der Waals surface area contributed by atoms with E-state index in [0.717, 1.165) is 0 Å². The molecule has 0 spiro atoms. The smallest absolute Gasteiger partial charge is 0.335 e. The maximum atomic E-state index is 11.5. The van der Waals surface area contributed by atoms with Gasteiger partial charge in [0.1, 0.15) is 0 Å².